The van der Waals surface area contributed by atoms with Crippen LogP contribution in [0.5, 0.6) is 0 Å². The van der Waals surface area contributed by atoms with E-state index in [2.05, 4.69) is 4.72 Å². The fourth-order valence-corrected chi connectivity index (χ4v) is 3.82. The molecule has 5 nitrogen and oxygen atoms in total. The minimum absolute atomic E-state index is 0.157. The van der Waals surface area contributed by atoms with E-state index in [0.29, 0.717) is 19.4 Å². The lowest BCUT2D eigenvalue weighted by Gasteiger charge is -2.16. The number of carbonyl (C=O) groups excluding carboxylic acids is 1. The van der Waals surface area contributed by atoms with Crippen LogP contribution in [-0.2, 0) is 21.2 Å². The molecule has 1 aromatic rings. The van der Waals surface area contributed by atoms with Crippen LogP contribution >= 0.6 is 0 Å². The molecule has 1 aliphatic rings. The first-order valence-corrected chi connectivity index (χ1v) is 9.02. The molecule has 1 fully saturated rings. The number of sulfonamides is 1. The fourth-order valence-electron chi connectivity index (χ4n) is 2.70. The lowest BCUT2D eigenvalue weighted by Crippen LogP contribution is -2.36. The Kier molecular flexibility index (Phi) is 5.69. The van der Waals surface area contributed by atoms with Gasteiger partial charge in [0.2, 0.25) is 15.9 Å². The predicted molar refractivity (Wildman–Crippen MR) is 82.3 cm³/mol. The molecule has 0 aliphatic carbocycles. The van der Waals surface area contributed by atoms with E-state index in [1.807, 2.05) is 0 Å². The summed E-state index contributed by atoms with van der Waals surface area (Å²) in [4.78, 5) is 13.6. The van der Waals surface area contributed by atoms with Gasteiger partial charge in [-0.2, -0.15) is 0 Å². The summed E-state index contributed by atoms with van der Waals surface area (Å²) >= 11 is 0. The molecular formula is C15H20F2N2O3S. The predicted octanol–water partition coefficient (Wildman–Crippen LogP) is 1.44. The van der Waals surface area contributed by atoms with Crippen molar-refractivity contribution in [2.45, 2.75) is 30.9 Å². The molecule has 1 amide bonds. The van der Waals surface area contributed by atoms with Crippen molar-refractivity contribution in [2.24, 2.45) is 0 Å². The molecule has 0 aromatic heterocycles. The maximum absolute atomic E-state index is 13.5. The average Bonchev–Trinajstić information content (AvgIpc) is 3.01. The molecule has 0 radical (unpaired) electrons. The maximum atomic E-state index is 13.5. The molecule has 23 heavy (non-hydrogen) atoms. The first-order valence-electron chi connectivity index (χ1n) is 7.47. The summed E-state index contributed by atoms with van der Waals surface area (Å²) in [5.74, 6) is -1.15. The number of hydrogen-bond donors (Lipinski definition) is 1. The monoisotopic (exact) mass is 346 g/mol. The number of rotatable bonds is 6. The van der Waals surface area contributed by atoms with Gasteiger partial charge in [-0.1, -0.05) is 0 Å². The number of nitrogens with zero attached hydrogens (tertiary/aromatic N) is 1. The van der Waals surface area contributed by atoms with Gasteiger partial charge in [-0.3, -0.25) is 4.79 Å². The van der Waals surface area contributed by atoms with E-state index >= 15 is 0 Å². The number of hydrogen-bond acceptors (Lipinski definition) is 3. The number of benzene rings is 1. The summed E-state index contributed by atoms with van der Waals surface area (Å²) in [6, 6.07) is 3.25. The highest BCUT2D eigenvalue weighted by molar-refractivity contribution is 7.90. The topological polar surface area (TPSA) is 66.5 Å². The molecule has 1 aliphatic heterocycles. The number of nitrogens with one attached hydrogen (secondary N) is 1. The molecule has 8 heteroatoms. The largest absolute Gasteiger partial charge is 0.341 e. The van der Waals surface area contributed by atoms with Crippen LogP contribution in [0.1, 0.15) is 24.8 Å². The molecule has 0 unspecified atom stereocenters. The van der Waals surface area contributed by atoms with Crippen LogP contribution in [-0.4, -0.2) is 44.6 Å². The number of likely N-dealkylation sites (tertiary alicyclic amines) is 1. The second-order valence-corrected chi connectivity index (χ2v) is 7.75. The second kappa shape index (κ2) is 7.35. The lowest BCUT2D eigenvalue weighted by atomic mass is 10.1. The Bertz CT molecular complexity index is 679. The molecule has 1 atom stereocenters. The van der Waals surface area contributed by atoms with Gasteiger partial charge in [-0.25, -0.2) is 21.9 Å². The van der Waals surface area contributed by atoms with Crippen molar-refractivity contribution in [1.82, 2.24) is 9.62 Å². The van der Waals surface area contributed by atoms with Gasteiger partial charge in [-0.05, 0) is 50.1 Å². The molecule has 1 aromatic carbocycles. The molecule has 128 valence electrons. The molecule has 0 spiro atoms. The summed E-state index contributed by atoms with van der Waals surface area (Å²) in [7, 11) is -2.02. The van der Waals surface area contributed by atoms with Crippen molar-refractivity contribution in [3.63, 3.8) is 0 Å². The quantitative estimate of drug-likeness (QED) is 0.848. The fraction of sp³-hybridized carbons (Fsp3) is 0.533. The molecule has 2 rings (SSSR count). The van der Waals surface area contributed by atoms with Crippen molar-refractivity contribution in [1.29, 1.82) is 0 Å². The smallest absolute Gasteiger partial charge is 0.222 e. The Morgan fingerprint density at radius 1 is 1.39 bits per heavy atom. The van der Waals surface area contributed by atoms with Gasteiger partial charge in [0.05, 0.1) is 5.25 Å². The maximum Gasteiger partial charge on any atom is 0.222 e. The normalized spacial score (nSPS) is 18.4. The van der Waals surface area contributed by atoms with Crippen LogP contribution in [0.3, 0.4) is 0 Å². The van der Waals surface area contributed by atoms with E-state index in [-0.39, 0.29) is 30.9 Å². The molecule has 0 bridgehead atoms. The minimum Gasteiger partial charge on any atom is -0.341 e. The highest BCUT2D eigenvalue weighted by Crippen LogP contribution is 2.18. The third-order valence-electron chi connectivity index (χ3n) is 4.07. The van der Waals surface area contributed by atoms with Gasteiger partial charge in [0.25, 0.3) is 0 Å². The van der Waals surface area contributed by atoms with Crippen molar-refractivity contribution in [2.75, 3.05) is 20.1 Å². The highest BCUT2D eigenvalue weighted by atomic mass is 32.2. The van der Waals surface area contributed by atoms with Gasteiger partial charge in [0, 0.05) is 19.5 Å². The van der Waals surface area contributed by atoms with E-state index in [9.17, 15) is 22.0 Å². The van der Waals surface area contributed by atoms with Crippen molar-refractivity contribution < 1.29 is 22.0 Å². The van der Waals surface area contributed by atoms with Crippen LogP contribution in [0.25, 0.3) is 0 Å². The Morgan fingerprint density at radius 3 is 2.83 bits per heavy atom. The van der Waals surface area contributed by atoms with Crippen LogP contribution in [0.2, 0.25) is 0 Å². The summed E-state index contributed by atoms with van der Waals surface area (Å²) in [5.41, 5.74) is 0.245. The van der Waals surface area contributed by atoms with Crippen molar-refractivity contribution in [3.8, 4) is 0 Å². The first kappa shape index (κ1) is 17.8. The standard InChI is InChI=1S/C15H20F2N2O3S/c1-18-23(21,22)13-7-8-19(10-13)15(20)4-2-3-11-9-12(16)5-6-14(11)17/h5-6,9,13,18H,2-4,7-8,10H2,1H3/t13-/m0/s1. The van der Waals surface area contributed by atoms with Crippen molar-refractivity contribution in [3.05, 3.63) is 35.4 Å². The highest BCUT2D eigenvalue weighted by Gasteiger charge is 2.33. The van der Waals surface area contributed by atoms with Crippen LogP contribution in [0.4, 0.5) is 8.78 Å². The molecule has 1 N–H and O–H groups in total. The number of carbonyl (C=O) groups is 1. The Morgan fingerprint density at radius 2 is 2.13 bits per heavy atom. The number of amides is 1. The zero-order valence-corrected chi connectivity index (χ0v) is 13.7. The summed E-state index contributed by atoms with van der Waals surface area (Å²) < 4.78 is 52.2. The zero-order chi connectivity index (χ0) is 17.0. The van der Waals surface area contributed by atoms with E-state index in [1.54, 1.807) is 0 Å². The zero-order valence-electron chi connectivity index (χ0n) is 12.9. The van der Waals surface area contributed by atoms with E-state index < -0.39 is 26.9 Å². The lowest BCUT2D eigenvalue weighted by molar-refractivity contribution is -0.130. The third kappa shape index (κ3) is 4.48. The van der Waals surface area contributed by atoms with Crippen molar-refractivity contribution >= 4 is 15.9 Å². The summed E-state index contributed by atoms with van der Waals surface area (Å²) in [5, 5.41) is -0.586. The number of halogens is 2. The summed E-state index contributed by atoms with van der Waals surface area (Å²) in [6.45, 7) is 0.578. The minimum atomic E-state index is -3.37. The van der Waals surface area contributed by atoms with E-state index in [1.165, 1.54) is 11.9 Å². The SMILES string of the molecule is CNS(=O)(=O)[C@H]1CCN(C(=O)CCCc2cc(F)ccc2F)C1. The van der Waals surface area contributed by atoms with Gasteiger partial charge in [-0.15, -0.1) is 0 Å². The summed E-state index contributed by atoms with van der Waals surface area (Å²) in [6.07, 6.45) is 1.25. The van der Waals surface area contributed by atoms with Gasteiger partial charge < -0.3 is 4.90 Å². The Labute approximate surface area is 134 Å². The number of aryl methyl sites for hydroxylation is 1. The Balaban J connectivity index is 1.83. The van der Waals surface area contributed by atoms with Crippen LogP contribution < -0.4 is 4.72 Å². The van der Waals surface area contributed by atoms with Gasteiger partial charge in [0.15, 0.2) is 0 Å². The first-order chi connectivity index (χ1) is 10.8. The van der Waals surface area contributed by atoms with Gasteiger partial charge in [0.1, 0.15) is 11.6 Å². The Hall–Kier alpha value is -1.54. The van der Waals surface area contributed by atoms with E-state index in [4.69, 9.17) is 0 Å². The molecule has 0 saturated carbocycles. The molecule has 1 heterocycles. The van der Waals surface area contributed by atoms with Crippen LogP contribution in [0, 0.1) is 11.6 Å². The third-order valence-corrected chi connectivity index (χ3v) is 5.90. The van der Waals surface area contributed by atoms with E-state index in [0.717, 1.165) is 18.2 Å². The average molecular weight is 346 g/mol. The van der Waals surface area contributed by atoms with Gasteiger partial charge >= 0.3 is 0 Å². The second-order valence-electron chi connectivity index (χ2n) is 5.59. The van der Waals surface area contributed by atoms with Crippen LogP contribution in [0.15, 0.2) is 18.2 Å². The molecular weight excluding hydrogens is 326 g/mol. The molecule has 1 saturated heterocycles.